The van der Waals surface area contributed by atoms with E-state index in [9.17, 15) is 4.39 Å². The summed E-state index contributed by atoms with van der Waals surface area (Å²) in [4.78, 5) is 10.5. The maximum Gasteiger partial charge on any atom is 0.165 e. The molecule has 2 aromatic carbocycles. The molecular formula is C16H12ClFN4. The first-order valence-corrected chi connectivity index (χ1v) is 7.28. The highest BCUT2D eigenvalue weighted by molar-refractivity contribution is 6.31. The Balaban J connectivity index is 2.00. The third-order valence-electron chi connectivity index (χ3n) is 3.99. The lowest BCUT2D eigenvalue weighted by Gasteiger charge is -2.30. The molecule has 4 nitrogen and oxygen atoms in total. The fourth-order valence-corrected chi connectivity index (χ4v) is 3.13. The number of hydrogen-bond donors (Lipinski definition) is 1. The molecule has 0 amide bonds. The number of nitrogens with two attached hydrogens (primary N) is 1. The molecule has 110 valence electrons. The van der Waals surface area contributed by atoms with Gasteiger partial charge < -0.3 is 10.6 Å². The topological polar surface area (TPSA) is 55.0 Å². The van der Waals surface area contributed by atoms with Gasteiger partial charge in [-0.05, 0) is 36.2 Å². The molecule has 22 heavy (non-hydrogen) atoms. The van der Waals surface area contributed by atoms with Crippen molar-refractivity contribution in [1.82, 2.24) is 9.97 Å². The van der Waals surface area contributed by atoms with E-state index in [0.717, 1.165) is 22.2 Å². The molecule has 0 spiro atoms. The number of hydrogen-bond acceptors (Lipinski definition) is 4. The predicted octanol–water partition coefficient (Wildman–Crippen LogP) is 3.70. The second-order valence-electron chi connectivity index (χ2n) is 5.20. The number of aromatic nitrogens is 2. The van der Waals surface area contributed by atoms with Crippen LogP contribution in [0.5, 0.6) is 0 Å². The number of rotatable bonds is 1. The average molecular weight is 315 g/mol. The maximum atomic E-state index is 14.4. The van der Waals surface area contributed by atoms with Crippen molar-refractivity contribution >= 4 is 39.7 Å². The van der Waals surface area contributed by atoms with Crippen LogP contribution < -0.4 is 10.6 Å². The molecule has 6 heteroatoms. The van der Waals surface area contributed by atoms with Gasteiger partial charge in [0, 0.05) is 17.6 Å². The van der Waals surface area contributed by atoms with Crippen LogP contribution in [0.15, 0.2) is 36.7 Å². The molecule has 2 heterocycles. The van der Waals surface area contributed by atoms with Crippen LogP contribution in [0.1, 0.15) is 5.56 Å². The number of benzene rings is 2. The molecule has 0 radical (unpaired) electrons. The summed E-state index contributed by atoms with van der Waals surface area (Å²) in [6, 6.07) is 8.67. The van der Waals surface area contributed by atoms with E-state index < -0.39 is 5.82 Å². The van der Waals surface area contributed by atoms with E-state index in [0.29, 0.717) is 24.5 Å². The van der Waals surface area contributed by atoms with Crippen molar-refractivity contribution in [1.29, 1.82) is 0 Å². The zero-order chi connectivity index (χ0) is 15.3. The van der Waals surface area contributed by atoms with E-state index in [-0.39, 0.29) is 5.02 Å². The molecule has 1 aliphatic rings. The molecule has 1 aromatic heterocycles. The van der Waals surface area contributed by atoms with Crippen LogP contribution in [0.25, 0.3) is 10.9 Å². The summed E-state index contributed by atoms with van der Waals surface area (Å²) in [5, 5.41) is 0.981. The summed E-state index contributed by atoms with van der Waals surface area (Å²) < 4.78 is 14.4. The van der Waals surface area contributed by atoms with Gasteiger partial charge in [-0.1, -0.05) is 17.7 Å². The fraction of sp³-hybridized carbons (Fsp3) is 0.125. The van der Waals surface area contributed by atoms with E-state index in [1.807, 2.05) is 17.0 Å². The number of nitrogen functional groups attached to an aromatic ring is 1. The number of halogens is 2. The summed E-state index contributed by atoms with van der Waals surface area (Å²) in [5.41, 5.74) is 9.03. The van der Waals surface area contributed by atoms with E-state index >= 15 is 0 Å². The quantitative estimate of drug-likeness (QED) is 0.696. The van der Waals surface area contributed by atoms with E-state index in [1.165, 1.54) is 12.4 Å². The van der Waals surface area contributed by atoms with Crippen LogP contribution in [0.3, 0.4) is 0 Å². The van der Waals surface area contributed by atoms with Crippen molar-refractivity contribution < 1.29 is 4.39 Å². The summed E-state index contributed by atoms with van der Waals surface area (Å²) in [6.07, 6.45) is 2.19. The van der Waals surface area contributed by atoms with Crippen molar-refractivity contribution in [2.24, 2.45) is 0 Å². The SMILES string of the molecule is Nc1ccc2ncnc3c2c1CCN3c1cccc(Cl)c1F. The Labute approximate surface area is 131 Å². The van der Waals surface area contributed by atoms with Crippen LogP contribution in [-0.4, -0.2) is 16.5 Å². The van der Waals surface area contributed by atoms with E-state index in [2.05, 4.69) is 9.97 Å². The van der Waals surface area contributed by atoms with Crippen molar-refractivity contribution in [2.75, 3.05) is 17.2 Å². The molecule has 0 atom stereocenters. The smallest absolute Gasteiger partial charge is 0.165 e. The van der Waals surface area contributed by atoms with Crippen LogP contribution in [0.4, 0.5) is 21.6 Å². The van der Waals surface area contributed by atoms with Crippen LogP contribution in [-0.2, 0) is 6.42 Å². The van der Waals surface area contributed by atoms with Gasteiger partial charge in [-0.2, -0.15) is 0 Å². The van der Waals surface area contributed by atoms with Gasteiger partial charge >= 0.3 is 0 Å². The third kappa shape index (κ3) is 1.82. The lowest BCUT2D eigenvalue weighted by atomic mass is 9.99. The zero-order valence-corrected chi connectivity index (χ0v) is 12.3. The standard InChI is InChI=1S/C16H12ClFN4/c17-10-2-1-3-13(15(10)18)22-7-6-9-11(19)4-5-12-14(9)16(22)21-8-20-12/h1-5,8H,6-7,19H2. The molecule has 0 bridgehead atoms. The predicted molar refractivity (Wildman–Crippen MR) is 86.1 cm³/mol. The van der Waals surface area contributed by atoms with Gasteiger partial charge in [-0.15, -0.1) is 0 Å². The normalized spacial score (nSPS) is 13.6. The van der Waals surface area contributed by atoms with Gasteiger partial charge in [0.15, 0.2) is 5.82 Å². The Morgan fingerprint density at radius 1 is 1.18 bits per heavy atom. The van der Waals surface area contributed by atoms with Gasteiger partial charge in [0.05, 0.1) is 16.2 Å². The largest absolute Gasteiger partial charge is 0.398 e. The van der Waals surface area contributed by atoms with E-state index in [4.69, 9.17) is 17.3 Å². The fourth-order valence-electron chi connectivity index (χ4n) is 2.96. The molecule has 0 fully saturated rings. The highest BCUT2D eigenvalue weighted by atomic mass is 35.5. The average Bonchev–Trinajstić information content (AvgIpc) is 2.54. The molecule has 0 saturated heterocycles. The maximum absolute atomic E-state index is 14.4. The highest BCUT2D eigenvalue weighted by Crippen LogP contribution is 2.39. The van der Waals surface area contributed by atoms with Gasteiger partial charge in [-0.3, -0.25) is 0 Å². The number of nitrogens with zero attached hydrogens (tertiary/aromatic N) is 3. The zero-order valence-electron chi connectivity index (χ0n) is 11.6. The minimum absolute atomic E-state index is 0.0983. The van der Waals surface area contributed by atoms with Crippen molar-refractivity contribution in [3.05, 3.63) is 53.1 Å². The third-order valence-corrected chi connectivity index (χ3v) is 4.28. The van der Waals surface area contributed by atoms with Crippen LogP contribution in [0.2, 0.25) is 5.02 Å². The van der Waals surface area contributed by atoms with Crippen molar-refractivity contribution in [2.45, 2.75) is 6.42 Å². The molecular weight excluding hydrogens is 303 g/mol. The second-order valence-corrected chi connectivity index (χ2v) is 5.61. The highest BCUT2D eigenvalue weighted by Gasteiger charge is 2.25. The molecule has 3 aromatic rings. The first-order valence-electron chi connectivity index (χ1n) is 6.90. The molecule has 0 unspecified atom stereocenters. The molecule has 2 N–H and O–H groups in total. The Hall–Kier alpha value is -2.40. The second kappa shape index (κ2) is 4.81. The monoisotopic (exact) mass is 314 g/mol. The molecule has 4 rings (SSSR count). The lowest BCUT2D eigenvalue weighted by molar-refractivity contribution is 0.624. The minimum atomic E-state index is -0.441. The first-order chi connectivity index (χ1) is 10.7. The Morgan fingerprint density at radius 3 is 2.91 bits per heavy atom. The molecule has 1 aliphatic heterocycles. The summed E-state index contributed by atoms with van der Waals surface area (Å²) >= 11 is 5.91. The van der Waals surface area contributed by atoms with E-state index in [1.54, 1.807) is 12.1 Å². The van der Waals surface area contributed by atoms with Crippen molar-refractivity contribution in [3.8, 4) is 0 Å². The van der Waals surface area contributed by atoms with Gasteiger partial charge in [0.25, 0.3) is 0 Å². The lowest BCUT2D eigenvalue weighted by Crippen LogP contribution is -2.27. The van der Waals surface area contributed by atoms with Gasteiger partial charge in [-0.25, -0.2) is 14.4 Å². The molecule has 0 saturated carbocycles. The van der Waals surface area contributed by atoms with Gasteiger partial charge in [0.2, 0.25) is 0 Å². The first kappa shape index (κ1) is 13.3. The Bertz CT molecular complexity index is 897. The Morgan fingerprint density at radius 2 is 2.05 bits per heavy atom. The summed E-state index contributed by atoms with van der Waals surface area (Å²) in [5.74, 6) is 0.225. The van der Waals surface area contributed by atoms with Gasteiger partial charge in [0.1, 0.15) is 12.1 Å². The van der Waals surface area contributed by atoms with Crippen molar-refractivity contribution in [3.63, 3.8) is 0 Å². The van der Waals surface area contributed by atoms with Crippen LogP contribution >= 0.6 is 11.6 Å². The van der Waals surface area contributed by atoms with Crippen LogP contribution in [0, 0.1) is 5.82 Å². The summed E-state index contributed by atoms with van der Waals surface area (Å²) in [7, 11) is 0. The Kier molecular flexibility index (Phi) is 2.90. The minimum Gasteiger partial charge on any atom is -0.398 e. The summed E-state index contributed by atoms with van der Waals surface area (Å²) in [6.45, 7) is 0.588. The number of anilines is 3. The molecule has 0 aliphatic carbocycles.